The Labute approximate surface area is 124 Å². The van der Waals surface area contributed by atoms with Gasteiger partial charge in [-0.25, -0.2) is 0 Å². The molecule has 0 N–H and O–H groups in total. The average molecular weight is 285 g/mol. The third-order valence-electron chi connectivity index (χ3n) is 3.15. The van der Waals surface area contributed by atoms with Crippen molar-refractivity contribution in [2.75, 3.05) is 13.7 Å². The van der Waals surface area contributed by atoms with Gasteiger partial charge in [0.15, 0.2) is 5.78 Å². The summed E-state index contributed by atoms with van der Waals surface area (Å²) in [6.45, 7) is 2.46. The van der Waals surface area contributed by atoms with Crippen molar-refractivity contribution in [3.05, 3.63) is 53.9 Å². The summed E-state index contributed by atoms with van der Waals surface area (Å²) in [5.41, 5.74) is 1.70. The molecule has 4 nitrogen and oxygen atoms in total. The van der Waals surface area contributed by atoms with Crippen LogP contribution in [0.25, 0.3) is 0 Å². The van der Waals surface area contributed by atoms with Gasteiger partial charge in [0.2, 0.25) is 0 Å². The highest BCUT2D eigenvalue weighted by Gasteiger charge is 2.08. The number of rotatable bonds is 7. The van der Waals surface area contributed by atoms with E-state index in [1.807, 2.05) is 31.2 Å². The number of aryl methyl sites for hydroxylation is 1. The molecule has 2 aromatic rings. The summed E-state index contributed by atoms with van der Waals surface area (Å²) in [6.07, 6.45) is 4.34. The van der Waals surface area contributed by atoms with Gasteiger partial charge in [-0.2, -0.15) is 0 Å². The Hall–Kier alpha value is -2.36. The number of aromatic nitrogens is 1. The molecular formula is C17H19NO3. The van der Waals surface area contributed by atoms with Crippen molar-refractivity contribution in [3.8, 4) is 11.5 Å². The normalized spacial score (nSPS) is 10.2. The van der Waals surface area contributed by atoms with Crippen LogP contribution in [0.5, 0.6) is 11.5 Å². The first-order valence-electron chi connectivity index (χ1n) is 6.97. The van der Waals surface area contributed by atoms with Crippen LogP contribution >= 0.6 is 0 Å². The van der Waals surface area contributed by atoms with Crippen LogP contribution in [0.3, 0.4) is 0 Å². The Morgan fingerprint density at radius 2 is 1.90 bits per heavy atom. The summed E-state index contributed by atoms with van der Waals surface area (Å²) in [5, 5.41) is 0. The zero-order chi connectivity index (χ0) is 15.1. The van der Waals surface area contributed by atoms with Crippen LogP contribution in [0.4, 0.5) is 0 Å². The molecule has 1 aromatic carbocycles. The molecule has 1 heterocycles. The predicted molar refractivity (Wildman–Crippen MR) is 81.1 cm³/mol. The van der Waals surface area contributed by atoms with Gasteiger partial charge in [0, 0.05) is 18.2 Å². The number of carbonyl (C=O) groups excluding carboxylic acids is 1. The number of Topliss-reactive ketones (excluding diaryl/α,β-unsaturated/α-hetero) is 1. The molecule has 2 rings (SSSR count). The number of nitrogens with zero attached hydrogens (tertiary/aromatic N) is 1. The summed E-state index contributed by atoms with van der Waals surface area (Å²) in [6, 6.07) is 9.49. The Balaban J connectivity index is 1.95. The van der Waals surface area contributed by atoms with Gasteiger partial charge in [-0.3, -0.25) is 9.78 Å². The number of ketones is 1. The predicted octanol–water partition coefficient (Wildman–Crippen LogP) is 3.30. The molecule has 0 aliphatic heterocycles. The van der Waals surface area contributed by atoms with E-state index in [9.17, 15) is 4.79 Å². The van der Waals surface area contributed by atoms with Gasteiger partial charge in [-0.1, -0.05) is 12.1 Å². The SMILES string of the molecule is CCOc1cncc(C(=O)CCc2ccc(OC)cc2)c1. The summed E-state index contributed by atoms with van der Waals surface area (Å²) in [5.74, 6) is 1.52. The lowest BCUT2D eigenvalue weighted by Gasteiger charge is -2.06. The zero-order valence-electron chi connectivity index (χ0n) is 12.3. The first-order chi connectivity index (χ1) is 10.2. The minimum Gasteiger partial charge on any atom is -0.497 e. The Bertz CT molecular complexity index is 593. The standard InChI is InChI=1S/C17H19NO3/c1-3-21-16-10-14(11-18-12-16)17(19)9-6-13-4-7-15(20-2)8-5-13/h4-5,7-8,10-12H,3,6,9H2,1-2H3. The molecule has 0 atom stereocenters. The lowest BCUT2D eigenvalue weighted by atomic mass is 10.0. The van der Waals surface area contributed by atoms with Crippen molar-refractivity contribution in [2.24, 2.45) is 0 Å². The van der Waals surface area contributed by atoms with Crippen molar-refractivity contribution in [2.45, 2.75) is 19.8 Å². The highest BCUT2D eigenvalue weighted by atomic mass is 16.5. The van der Waals surface area contributed by atoms with E-state index in [-0.39, 0.29) is 5.78 Å². The molecule has 0 radical (unpaired) electrons. The number of hydrogen-bond acceptors (Lipinski definition) is 4. The number of ether oxygens (including phenoxy) is 2. The van der Waals surface area contributed by atoms with E-state index in [0.717, 1.165) is 11.3 Å². The molecule has 110 valence electrons. The molecule has 0 saturated heterocycles. The molecular weight excluding hydrogens is 266 g/mol. The maximum Gasteiger partial charge on any atom is 0.164 e. The van der Waals surface area contributed by atoms with Gasteiger partial charge in [-0.15, -0.1) is 0 Å². The van der Waals surface area contributed by atoms with Crippen molar-refractivity contribution < 1.29 is 14.3 Å². The van der Waals surface area contributed by atoms with Crippen LogP contribution in [0.1, 0.15) is 29.3 Å². The number of hydrogen-bond donors (Lipinski definition) is 0. The van der Waals surface area contributed by atoms with Gasteiger partial charge in [0.05, 0.1) is 19.9 Å². The number of benzene rings is 1. The van der Waals surface area contributed by atoms with E-state index < -0.39 is 0 Å². The third kappa shape index (κ3) is 4.31. The monoisotopic (exact) mass is 285 g/mol. The van der Waals surface area contributed by atoms with Crippen LogP contribution < -0.4 is 9.47 Å². The minimum absolute atomic E-state index is 0.0693. The lowest BCUT2D eigenvalue weighted by molar-refractivity contribution is 0.0982. The maximum absolute atomic E-state index is 12.2. The second-order valence-corrected chi connectivity index (χ2v) is 4.61. The summed E-state index contributed by atoms with van der Waals surface area (Å²) < 4.78 is 10.5. The van der Waals surface area contributed by atoms with Crippen LogP contribution in [0, 0.1) is 0 Å². The second kappa shape index (κ2) is 7.43. The molecule has 0 aliphatic rings. The highest BCUT2D eigenvalue weighted by molar-refractivity contribution is 5.96. The van der Waals surface area contributed by atoms with Crippen LogP contribution in [-0.2, 0) is 6.42 Å². The van der Waals surface area contributed by atoms with Crippen molar-refractivity contribution in [3.63, 3.8) is 0 Å². The molecule has 1 aromatic heterocycles. The molecule has 0 fully saturated rings. The molecule has 0 spiro atoms. The molecule has 0 bridgehead atoms. The third-order valence-corrected chi connectivity index (χ3v) is 3.15. The first-order valence-corrected chi connectivity index (χ1v) is 6.97. The van der Waals surface area contributed by atoms with E-state index >= 15 is 0 Å². The van der Waals surface area contributed by atoms with Crippen molar-refractivity contribution in [1.29, 1.82) is 0 Å². The smallest absolute Gasteiger partial charge is 0.164 e. The maximum atomic E-state index is 12.2. The number of pyridine rings is 1. The first kappa shape index (κ1) is 15.0. The van der Waals surface area contributed by atoms with E-state index in [0.29, 0.717) is 30.8 Å². The minimum atomic E-state index is 0.0693. The summed E-state index contributed by atoms with van der Waals surface area (Å²) in [7, 11) is 1.64. The molecule has 21 heavy (non-hydrogen) atoms. The van der Waals surface area contributed by atoms with Gasteiger partial charge in [-0.05, 0) is 37.1 Å². The lowest BCUT2D eigenvalue weighted by Crippen LogP contribution is -2.03. The molecule has 0 unspecified atom stereocenters. The van der Waals surface area contributed by atoms with Crippen LogP contribution in [-0.4, -0.2) is 24.5 Å². The second-order valence-electron chi connectivity index (χ2n) is 4.61. The van der Waals surface area contributed by atoms with Gasteiger partial charge in [0.1, 0.15) is 11.5 Å². The highest BCUT2D eigenvalue weighted by Crippen LogP contribution is 2.16. The van der Waals surface area contributed by atoms with E-state index in [2.05, 4.69) is 4.98 Å². The summed E-state index contributed by atoms with van der Waals surface area (Å²) >= 11 is 0. The van der Waals surface area contributed by atoms with Gasteiger partial charge < -0.3 is 9.47 Å². The fourth-order valence-corrected chi connectivity index (χ4v) is 2.01. The Kier molecular flexibility index (Phi) is 5.32. The summed E-state index contributed by atoms with van der Waals surface area (Å²) in [4.78, 5) is 16.2. The van der Waals surface area contributed by atoms with Gasteiger partial charge >= 0.3 is 0 Å². The Morgan fingerprint density at radius 3 is 2.57 bits per heavy atom. The van der Waals surface area contributed by atoms with Crippen molar-refractivity contribution in [1.82, 2.24) is 4.98 Å². The Morgan fingerprint density at radius 1 is 1.14 bits per heavy atom. The molecule has 0 amide bonds. The fourth-order valence-electron chi connectivity index (χ4n) is 2.01. The van der Waals surface area contributed by atoms with E-state index in [4.69, 9.17) is 9.47 Å². The largest absolute Gasteiger partial charge is 0.497 e. The number of carbonyl (C=O) groups is 1. The van der Waals surface area contributed by atoms with Crippen LogP contribution in [0.2, 0.25) is 0 Å². The van der Waals surface area contributed by atoms with Gasteiger partial charge in [0.25, 0.3) is 0 Å². The molecule has 4 heteroatoms. The van der Waals surface area contributed by atoms with Crippen LogP contribution in [0.15, 0.2) is 42.7 Å². The quantitative estimate of drug-likeness (QED) is 0.732. The molecule has 0 saturated carbocycles. The van der Waals surface area contributed by atoms with E-state index in [1.165, 1.54) is 0 Å². The average Bonchev–Trinajstić information content (AvgIpc) is 2.53. The van der Waals surface area contributed by atoms with E-state index in [1.54, 1.807) is 25.6 Å². The topological polar surface area (TPSA) is 48.4 Å². The molecule has 0 aliphatic carbocycles. The zero-order valence-corrected chi connectivity index (χ0v) is 12.3. The van der Waals surface area contributed by atoms with Crippen molar-refractivity contribution >= 4 is 5.78 Å². The number of methoxy groups -OCH3 is 1. The fraction of sp³-hybridized carbons (Fsp3) is 0.294.